The van der Waals surface area contributed by atoms with Crippen LogP contribution >= 0.6 is 0 Å². The maximum Gasteiger partial charge on any atom is 0.337 e. The number of nitrogens with two attached hydrogens (primary N) is 1. The van der Waals surface area contributed by atoms with Crippen LogP contribution < -0.4 is 10.6 Å². The van der Waals surface area contributed by atoms with E-state index in [4.69, 9.17) is 10.8 Å². The minimum atomic E-state index is -1.18. The molecule has 1 aromatic carbocycles. The zero-order valence-corrected chi connectivity index (χ0v) is 10.5. The van der Waals surface area contributed by atoms with E-state index in [2.05, 4.69) is 0 Å². The van der Waals surface area contributed by atoms with Crippen molar-refractivity contribution in [2.45, 2.75) is 25.3 Å². The Kier molecular flexibility index (Phi) is 3.90. The molecule has 19 heavy (non-hydrogen) atoms. The Morgan fingerprint density at radius 1 is 1.47 bits per heavy atom. The lowest BCUT2D eigenvalue weighted by Crippen LogP contribution is -2.42. The lowest BCUT2D eigenvalue weighted by molar-refractivity contribution is 0.0698. The Morgan fingerprint density at radius 3 is 2.84 bits per heavy atom. The van der Waals surface area contributed by atoms with Gasteiger partial charge in [-0.3, -0.25) is 0 Å². The summed E-state index contributed by atoms with van der Waals surface area (Å²) in [5.74, 6) is -1.74. The number of hydrogen-bond donors (Lipinski definition) is 3. The SMILES string of the molecule is Nc1cc(F)c(N2CCCCC2CO)cc1C(=O)O. The van der Waals surface area contributed by atoms with E-state index in [1.54, 1.807) is 4.90 Å². The minimum absolute atomic E-state index is 0.0772. The molecule has 0 aromatic heterocycles. The third-order valence-corrected chi connectivity index (χ3v) is 3.50. The van der Waals surface area contributed by atoms with Crippen LogP contribution in [0.2, 0.25) is 0 Å². The number of piperidine rings is 1. The summed E-state index contributed by atoms with van der Waals surface area (Å²) in [7, 11) is 0. The minimum Gasteiger partial charge on any atom is -0.478 e. The standard InChI is InChI=1S/C13H17FN2O3/c14-10-6-11(15)9(13(18)19)5-12(10)16-4-2-1-3-8(16)7-17/h5-6,8,17H,1-4,7,15H2,(H,18,19). The molecule has 104 valence electrons. The molecule has 1 heterocycles. The number of aromatic carboxylic acids is 1. The zero-order chi connectivity index (χ0) is 14.0. The van der Waals surface area contributed by atoms with Crippen LogP contribution in [0.3, 0.4) is 0 Å². The van der Waals surface area contributed by atoms with Gasteiger partial charge in [0, 0.05) is 12.2 Å². The van der Waals surface area contributed by atoms with E-state index in [1.807, 2.05) is 0 Å². The summed E-state index contributed by atoms with van der Waals surface area (Å²) in [6.07, 6.45) is 2.63. The van der Waals surface area contributed by atoms with Crippen molar-refractivity contribution >= 4 is 17.3 Å². The van der Waals surface area contributed by atoms with Crippen molar-refractivity contribution in [3.8, 4) is 0 Å². The molecule has 0 saturated carbocycles. The van der Waals surface area contributed by atoms with Crippen molar-refractivity contribution in [2.24, 2.45) is 0 Å². The maximum absolute atomic E-state index is 14.0. The molecule has 2 rings (SSSR count). The van der Waals surface area contributed by atoms with Crippen molar-refractivity contribution in [1.82, 2.24) is 0 Å². The molecule has 0 spiro atoms. The van der Waals surface area contributed by atoms with E-state index >= 15 is 0 Å². The molecule has 0 radical (unpaired) electrons. The van der Waals surface area contributed by atoms with Gasteiger partial charge in [0.15, 0.2) is 0 Å². The van der Waals surface area contributed by atoms with Crippen LogP contribution in [-0.4, -0.2) is 35.4 Å². The summed E-state index contributed by atoms with van der Waals surface area (Å²) >= 11 is 0. The molecule has 1 aromatic rings. The van der Waals surface area contributed by atoms with E-state index in [1.165, 1.54) is 6.07 Å². The number of carboxylic acids is 1. The average molecular weight is 268 g/mol. The van der Waals surface area contributed by atoms with Gasteiger partial charge in [0.25, 0.3) is 0 Å². The number of rotatable bonds is 3. The van der Waals surface area contributed by atoms with Crippen LogP contribution in [-0.2, 0) is 0 Å². The van der Waals surface area contributed by atoms with Crippen molar-refractivity contribution < 1.29 is 19.4 Å². The predicted molar refractivity (Wildman–Crippen MR) is 69.8 cm³/mol. The molecule has 1 atom stereocenters. The number of carboxylic acid groups (broad SMARTS) is 1. The molecular formula is C13H17FN2O3. The lowest BCUT2D eigenvalue weighted by Gasteiger charge is -2.36. The van der Waals surface area contributed by atoms with Gasteiger partial charge in [0.1, 0.15) is 5.82 Å². The highest BCUT2D eigenvalue weighted by Gasteiger charge is 2.25. The molecule has 1 saturated heterocycles. The molecule has 0 bridgehead atoms. The number of halogens is 1. The fourth-order valence-electron chi connectivity index (χ4n) is 2.49. The summed E-state index contributed by atoms with van der Waals surface area (Å²) < 4.78 is 14.0. The number of hydrogen-bond acceptors (Lipinski definition) is 4. The number of nitrogens with zero attached hydrogens (tertiary/aromatic N) is 1. The molecule has 1 aliphatic heterocycles. The van der Waals surface area contributed by atoms with Gasteiger partial charge in [-0.05, 0) is 31.4 Å². The monoisotopic (exact) mass is 268 g/mol. The number of nitrogen functional groups attached to an aromatic ring is 1. The molecule has 6 heteroatoms. The van der Waals surface area contributed by atoms with Gasteiger partial charge in [-0.2, -0.15) is 0 Å². The third-order valence-electron chi connectivity index (χ3n) is 3.50. The van der Waals surface area contributed by atoms with Gasteiger partial charge in [-0.1, -0.05) is 0 Å². The number of anilines is 2. The first kappa shape index (κ1) is 13.6. The average Bonchev–Trinajstić information content (AvgIpc) is 2.38. The number of aliphatic hydroxyl groups excluding tert-OH is 1. The first-order valence-corrected chi connectivity index (χ1v) is 6.24. The van der Waals surface area contributed by atoms with E-state index in [9.17, 15) is 14.3 Å². The highest BCUT2D eigenvalue weighted by molar-refractivity contribution is 5.95. The Labute approximate surface area is 110 Å². The Bertz CT molecular complexity index is 493. The van der Waals surface area contributed by atoms with E-state index in [0.29, 0.717) is 6.54 Å². The highest BCUT2D eigenvalue weighted by Crippen LogP contribution is 2.30. The zero-order valence-electron chi connectivity index (χ0n) is 10.5. The van der Waals surface area contributed by atoms with Crippen LogP contribution in [0, 0.1) is 5.82 Å². The second kappa shape index (κ2) is 5.44. The highest BCUT2D eigenvalue weighted by atomic mass is 19.1. The third kappa shape index (κ3) is 2.63. The van der Waals surface area contributed by atoms with Crippen LogP contribution in [0.15, 0.2) is 12.1 Å². The van der Waals surface area contributed by atoms with Gasteiger partial charge in [0.05, 0.1) is 23.9 Å². The summed E-state index contributed by atoms with van der Waals surface area (Å²) in [6.45, 7) is 0.525. The van der Waals surface area contributed by atoms with Crippen LogP contribution in [0.4, 0.5) is 15.8 Å². The number of aliphatic hydroxyl groups is 1. The Morgan fingerprint density at radius 2 is 2.21 bits per heavy atom. The molecule has 0 aliphatic carbocycles. The van der Waals surface area contributed by atoms with Gasteiger partial charge in [-0.15, -0.1) is 0 Å². The largest absolute Gasteiger partial charge is 0.478 e. The predicted octanol–water partition coefficient (Wildman–Crippen LogP) is 1.46. The first-order chi connectivity index (χ1) is 9.04. The van der Waals surface area contributed by atoms with Crippen molar-refractivity contribution in [1.29, 1.82) is 0 Å². The second-order valence-corrected chi connectivity index (χ2v) is 4.72. The molecule has 1 fully saturated rings. The quantitative estimate of drug-likeness (QED) is 0.722. The van der Waals surface area contributed by atoms with Crippen molar-refractivity contribution in [3.63, 3.8) is 0 Å². The summed E-state index contributed by atoms with van der Waals surface area (Å²) in [5.41, 5.74) is 5.49. The van der Waals surface area contributed by atoms with Gasteiger partial charge in [-0.25, -0.2) is 9.18 Å². The van der Waals surface area contributed by atoms with Crippen LogP contribution in [0.1, 0.15) is 29.6 Å². The Hall–Kier alpha value is -1.82. The van der Waals surface area contributed by atoms with Crippen LogP contribution in [0.5, 0.6) is 0 Å². The first-order valence-electron chi connectivity index (χ1n) is 6.24. The smallest absolute Gasteiger partial charge is 0.337 e. The molecule has 1 unspecified atom stereocenters. The fourth-order valence-corrected chi connectivity index (χ4v) is 2.49. The topological polar surface area (TPSA) is 86.8 Å². The number of benzene rings is 1. The molecule has 0 amide bonds. The van der Waals surface area contributed by atoms with Crippen molar-refractivity contribution in [3.05, 3.63) is 23.5 Å². The second-order valence-electron chi connectivity index (χ2n) is 4.72. The molecule has 1 aliphatic rings. The fraction of sp³-hybridized carbons (Fsp3) is 0.462. The van der Waals surface area contributed by atoms with Gasteiger partial charge >= 0.3 is 5.97 Å². The lowest BCUT2D eigenvalue weighted by atomic mass is 10.0. The van der Waals surface area contributed by atoms with Gasteiger partial charge < -0.3 is 20.8 Å². The molecular weight excluding hydrogens is 251 g/mol. The van der Waals surface area contributed by atoms with E-state index < -0.39 is 11.8 Å². The summed E-state index contributed by atoms with van der Waals surface area (Å²) in [6, 6.07) is 2.11. The van der Waals surface area contributed by atoms with E-state index in [-0.39, 0.29) is 29.6 Å². The van der Waals surface area contributed by atoms with Gasteiger partial charge in [0.2, 0.25) is 0 Å². The normalized spacial score (nSPS) is 19.5. The Balaban J connectivity index is 2.42. The van der Waals surface area contributed by atoms with E-state index in [0.717, 1.165) is 25.3 Å². The number of carbonyl (C=O) groups is 1. The summed E-state index contributed by atoms with van der Waals surface area (Å²) in [5, 5.41) is 18.4. The molecule has 5 nitrogen and oxygen atoms in total. The summed E-state index contributed by atoms with van der Waals surface area (Å²) in [4.78, 5) is 12.8. The van der Waals surface area contributed by atoms with Crippen molar-refractivity contribution in [2.75, 3.05) is 23.8 Å². The van der Waals surface area contributed by atoms with Crippen LogP contribution in [0.25, 0.3) is 0 Å². The molecule has 4 N–H and O–H groups in total. The maximum atomic E-state index is 14.0.